The maximum Gasteiger partial charge on any atom is 0.247 e. The van der Waals surface area contributed by atoms with E-state index in [4.69, 9.17) is 0 Å². The zero-order valence-corrected chi connectivity index (χ0v) is 7.97. The van der Waals surface area contributed by atoms with Gasteiger partial charge in [0.1, 0.15) is 0 Å². The third kappa shape index (κ3) is 1.29. The van der Waals surface area contributed by atoms with Gasteiger partial charge in [-0.05, 0) is 25.7 Å². The molecule has 0 spiro atoms. The van der Waals surface area contributed by atoms with Crippen molar-refractivity contribution < 1.29 is 4.79 Å². The van der Waals surface area contributed by atoms with Crippen LogP contribution in [0.5, 0.6) is 0 Å². The van der Waals surface area contributed by atoms with Gasteiger partial charge < -0.3 is 0 Å². The zero-order chi connectivity index (χ0) is 8.55. The summed E-state index contributed by atoms with van der Waals surface area (Å²) in [5.74, 6) is 0.0473. The van der Waals surface area contributed by atoms with Gasteiger partial charge in [0.2, 0.25) is 5.91 Å². The molecule has 0 aliphatic heterocycles. The lowest BCUT2D eigenvalue weighted by atomic mass is 10.0. The van der Waals surface area contributed by atoms with E-state index >= 15 is 0 Å². The molecule has 0 unspecified atom stereocenters. The van der Waals surface area contributed by atoms with Gasteiger partial charge in [0.15, 0.2) is 0 Å². The number of nitrogens with zero attached hydrogens (tertiary/aromatic N) is 2. The van der Waals surface area contributed by atoms with Crippen molar-refractivity contribution in [2.75, 3.05) is 0 Å². The van der Waals surface area contributed by atoms with Crippen molar-refractivity contribution in [2.45, 2.75) is 32.6 Å². The third-order valence-corrected chi connectivity index (χ3v) is 3.41. The second-order valence-corrected chi connectivity index (χ2v) is 4.23. The molecule has 0 fully saturated rings. The Morgan fingerprint density at radius 2 is 2.25 bits per heavy atom. The van der Waals surface area contributed by atoms with Crippen LogP contribution in [0.1, 0.15) is 35.5 Å². The number of aromatic nitrogens is 2. The highest BCUT2D eigenvalue weighted by atomic mass is 31.0. The highest BCUT2D eigenvalue weighted by Gasteiger charge is 2.15. The number of carbonyl (C=O) groups excluding carboxylic acids is 1. The van der Waals surface area contributed by atoms with Crippen LogP contribution in [0.3, 0.4) is 0 Å². The highest BCUT2D eigenvalue weighted by Crippen LogP contribution is 2.26. The molecule has 1 aliphatic carbocycles. The van der Waals surface area contributed by atoms with Gasteiger partial charge in [-0.25, -0.2) is 0 Å². The van der Waals surface area contributed by atoms with E-state index in [-0.39, 0.29) is 5.91 Å². The summed E-state index contributed by atoms with van der Waals surface area (Å²) >= 11 is 0. The van der Waals surface area contributed by atoms with Gasteiger partial charge in [-0.2, -0.15) is 9.54 Å². The Balaban J connectivity index is 2.38. The van der Waals surface area contributed by atoms with Gasteiger partial charge in [0, 0.05) is 20.6 Å². The molecule has 0 bridgehead atoms. The van der Waals surface area contributed by atoms with Gasteiger partial charge >= 0.3 is 0 Å². The SMILES string of the molecule is CC(=O)n1nc2c(p1)CCCC2. The number of hydrogen-bond donors (Lipinski definition) is 0. The molecule has 2 rings (SSSR count). The first-order valence-corrected chi connectivity index (χ1v) is 5.08. The molecule has 12 heavy (non-hydrogen) atoms. The second-order valence-electron chi connectivity index (χ2n) is 3.11. The lowest BCUT2D eigenvalue weighted by Crippen LogP contribution is -2.04. The fourth-order valence-electron chi connectivity index (χ4n) is 1.48. The molecule has 0 N–H and O–H groups in total. The molecule has 0 amide bonds. The molecule has 0 radical (unpaired) electrons. The number of aryl methyl sites for hydroxylation is 2. The van der Waals surface area contributed by atoms with Crippen molar-refractivity contribution in [1.29, 1.82) is 0 Å². The fraction of sp³-hybridized carbons (Fsp3) is 0.625. The summed E-state index contributed by atoms with van der Waals surface area (Å²) in [4.78, 5) is 11.0. The Morgan fingerprint density at radius 1 is 1.50 bits per heavy atom. The van der Waals surface area contributed by atoms with Gasteiger partial charge in [-0.15, -0.1) is 0 Å². The molecule has 4 heteroatoms. The predicted molar refractivity (Wildman–Crippen MR) is 47.7 cm³/mol. The van der Waals surface area contributed by atoms with Crippen LogP contribution in [-0.2, 0) is 12.8 Å². The Labute approximate surface area is 72.9 Å². The van der Waals surface area contributed by atoms with Crippen LogP contribution in [0.25, 0.3) is 0 Å². The van der Waals surface area contributed by atoms with Crippen molar-refractivity contribution >= 4 is 14.3 Å². The first kappa shape index (κ1) is 7.93. The lowest BCUT2D eigenvalue weighted by Gasteiger charge is -2.06. The molecule has 64 valence electrons. The van der Waals surface area contributed by atoms with Gasteiger partial charge in [0.25, 0.3) is 0 Å². The van der Waals surface area contributed by atoms with Crippen LogP contribution in [0, 0.1) is 0 Å². The third-order valence-electron chi connectivity index (χ3n) is 2.12. The summed E-state index contributed by atoms with van der Waals surface area (Å²) in [5.41, 5.74) is 1.16. The molecule has 1 aliphatic rings. The van der Waals surface area contributed by atoms with Crippen LogP contribution in [0.2, 0.25) is 0 Å². The van der Waals surface area contributed by atoms with Gasteiger partial charge in [-0.1, -0.05) is 0 Å². The van der Waals surface area contributed by atoms with Crippen LogP contribution < -0.4 is 0 Å². The average molecular weight is 182 g/mol. The van der Waals surface area contributed by atoms with E-state index in [1.54, 1.807) is 11.4 Å². The van der Waals surface area contributed by atoms with Crippen molar-refractivity contribution in [3.63, 3.8) is 0 Å². The predicted octanol–water partition coefficient (Wildman–Crippen LogP) is 2.00. The van der Waals surface area contributed by atoms with E-state index in [1.807, 2.05) is 0 Å². The maximum atomic E-state index is 11.0. The molecule has 0 atom stereocenters. The van der Waals surface area contributed by atoms with Gasteiger partial charge in [-0.3, -0.25) is 4.79 Å². The summed E-state index contributed by atoms with van der Waals surface area (Å²) in [7, 11) is 1.00. The number of rotatable bonds is 0. The van der Waals surface area contributed by atoms with Crippen molar-refractivity contribution in [3.05, 3.63) is 11.0 Å². The van der Waals surface area contributed by atoms with Crippen molar-refractivity contribution in [2.24, 2.45) is 0 Å². The normalized spacial score (nSPS) is 16.4. The Morgan fingerprint density at radius 3 is 2.92 bits per heavy atom. The van der Waals surface area contributed by atoms with Crippen LogP contribution in [-0.4, -0.2) is 15.5 Å². The largest absolute Gasteiger partial charge is 0.273 e. The molecule has 1 aromatic heterocycles. The molecule has 0 aromatic carbocycles. The molecular weight excluding hydrogens is 171 g/mol. The van der Waals surface area contributed by atoms with E-state index < -0.39 is 0 Å². The average Bonchev–Trinajstić information content (AvgIpc) is 2.46. The standard InChI is InChI=1S/C8H11N2OP/c1-6(11)10-9-7-4-2-3-5-8(7)12-10/h2-5H2,1H3. The summed E-state index contributed by atoms with van der Waals surface area (Å²) in [6.07, 6.45) is 4.67. The summed E-state index contributed by atoms with van der Waals surface area (Å²) < 4.78 is 1.55. The van der Waals surface area contributed by atoms with Crippen molar-refractivity contribution in [3.8, 4) is 0 Å². The first-order valence-electron chi connectivity index (χ1n) is 4.23. The van der Waals surface area contributed by atoms with E-state index in [2.05, 4.69) is 5.10 Å². The smallest absolute Gasteiger partial charge is 0.247 e. The Bertz CT molecular complexity index is 295. The number of fused-ring (bicyclic) bond motifs is 1. The fourth-order valence-corrected chi connectivity index (χ4v) is 2.53. The summed E-state index contributed by atoms with van der Waals surface area (Å²) in [5, 5.41) is 5.62. The summed E-state index contributed by atoms with van der Waals surface area (Å²) in [6.45, 7) is 1.56. The molecule has 0 saturated carbocycles. The quantitative estimate of drug-likeness (QED) is 0.615. The Hall–Kier alpha value is -0.690. The molecule has 1 aromatic rings. The van der Waals surface area contributed by atoms with Crippen molar-refractivity contribution in [1.82, 2.24) is 9.54 Å². The molecule has 3 nitrogen and oxygen atoms in total. The van der Waals surface area contributed by atoms with E-state index in [0.29, 0.717) is 0 Å². The minimum atomic E-state index is 0.0473. The molecule has 1 heterocycles. The zero-order valence-electron chi connectivity index (χ0n) is 7.08. The number of hydrogen-bond acceptors (Lipinski definition) is 2. The van der Waals surface area contributed by atoms with Crippen LogP contribution >= 0.6 is 8.35 Å². The van der Waals surface area contributed by atoms with Crippen LogP contribution in [0.4, 0.5) is 0 Å². The second kappa shape index (κ2) is 2.98. The van der Waals surface area contributed by atoms with E-state index in [9.17, 15) is 4.79 Å². The highest BCUT2D eigenvalue weighted by molar-refractivity contribution is 7.27. The molecular formula is C8H11N2OP. The Kier molecular flexibility index (Phi) is 1.97. The lowest BCUT2D eigenvalue weighted by molar-refractivity contribution is 0.0934. The van der Waals surface area contributed by atoms with E-state index in [0.717, 1.165) is 26.9 Å². The topological polar surface area (TPSA) is 34.9 Å². The monoisotopic (exact) mass is 182 g/mol. The molecule has 0 saturated heterocycles. The first-order chi connectivity index (χ1) is 5.77. The van der Waals surface area contributed by atoms with Gasteiger partial charge in [0.05, 0.1) is 5.69 Å². The van der Waals surface area contributed by atoms with E-state index in [1.165, 1.54) is 18.1 Å². The van der Waals surface area contributed by atoms with Crippen LogP contribution in [0.15, 0.2) is 0 Å². The minimum absolute atomic E-state index is 0.0473. The maximum absolute atomic E-state index is 11.0. The summed E-state index contributed by atoms with van der Waals surface area (Å²) in [6, 6.07) is 0. The minimum Gasteiger partial charge on any atom is -0.273 e. The number of carbonyl (C=O) groups is 1.